The molecule has 0 unspecified atom stereocenters. The van der Waals surface area contributed by atoms with E-state index >= 15 is 0 Å². The number of hydrogen-bond donors (Lipinski definition) is 0. The molecule has 0 N–H and O–H groups in total. The fourth-order valence-electron chi connectivity index (χ4n) is 1.95. The minimum absolute atomic E-state index is 0.194. The van der Waals surface area contributed by atoms with Crippen LogP contribution in [0.2, 0.25) is 0 Å². The van der Waals surface area contributed by atoms with Crippen molar-refractivity contribution in [1.29, 1.82) is 0 Å². The van der Waals surface area contributed by atoms with Crippen molar-refractivity contribution in [2.75, 3.05) is 0 Å². The highest BCUT2D eigenvalue weighted by Gasteiger charge is 2.08. The van der Waals surface area contributed by atoms with Gasteiger partial charge in [-0.1, -0.05) is 12.1 Å². The average molecular weight is 242 g/mol. The lowest BCUT2D eigenvalue weighted by molar-refractivity contribution is 0.0982. The van der Waals surface area contributed by atoms with Crippen LogP contribution in [0, 0.1) is 13.8 Å². The zero-order valence-electron chi connectivity index (χ0n) is 11.1. The molecule has 0 saturated heterocycles. The van der Waals surface area contributed by atoms with E-state index in [2.05, 4.69) is 12.0 Å². The van der Waals surface area contributed by atoms with Crippen LogP contribution >= 0.6 is 0 Å². The van der Waals surface area contributed by atoms with Gasteiger partial charge in [0.2, 0.25) is 0 Å². The first-order chi connectivity index (χ1) is 8.58. The molecular weight excluding hydrogens is 224 g/mol. The third-order valence-electron chi connectivity index (χ3n) is 3.36. The maximum atomic E-state index is 12.1. The Morgan fingerprint density at radius 3 is 2.61 bits per heavy atom. The lowest BCUT2D eigenvalue weighted by Crippen LogP contribution is -2.05. The molecule has 0 spiro atoms. The lowest BCUT2D eigenvalue weighted by Gasteiger charge is -2.05. The maximum Gasteiger partial charge on any atom is 0.163 e. The Bertz CT molecular complexity index is 570. The van der Waals surface area contributed by atoms with Gasteiger partial charge in [-0.25, -0.2) is 0 Å². The quantitative estimate of drug-likeness (QED) is 0.773. The molecule has 2 rings (SSSR count). The molecule has 0 bridgehead atoms. The molecule has 0 atom stereocenters. The van der Waals surface area contributed by atoms with Gasteiger partial charge in [0.05, 0.1) is 0 Å². The molecule has 2 aromatic rings. The third kappa shape index (κ3) is 2.67. The average Bonchev–Trinajstić information content (AvgIpc) is 2.75. The zero-order valence-corrected chi connectivity index (χ0v) is 11.1. The number of aryl methyl sites for hydroxylation is 4. The maximum absolute atomic E-state index is 12.1. The predicted molar refractivity (Wildman–Crippen MR) is 71.8 cm³/mol. The van der Waals surface area contributed by atoms with Crippen molar-refractivity contribution in [2.45, 2.75) is 26.7 Å². The van der Waals surface area contributed by atoms with Gasteiger partial charge in [0.1, 0.15) is 0 Å². The SMILES string of the molecule is Cc1ccc(C(=O)CCc2ccnn2C)cc1C. The van der Waals surface area contributed by atoms with Crippen LogP contribution in [-0.2, 0) is 13.5 Å². The molecule has 0 radical (unpaired) electrons. The van der Waals surface area contributed by atoms with Crippen molar-refractivity contribution in [3.05, 3.63) is 52.8 Å². The van der Waals surface area contributed by atoms with Crippen LogP contribution in [0.5, 0.6) is 0 Å². The summed E-state index contributed by atoms with van der Waals surface area (Å²) in [5, 5.41) is 4.10. The van der Waals surface area contributed by atoms with Gasteiger partial charge in [0.15, 0.2) is 5.78 Å². The Hall–Kier alpha value is -1.90. The molecule has 0 aliphatic heterocycles. The Kier molecular flexibility index (Phi) is 3.60. The first kappa shape index (κ1) is 12.6. The summed E-state index contributed by atoms with van der Waals surface area (Å²) in [6.07, 6.45) is 3.03. The third-order valence-corrected chi connectivity index (χ3v) is 3.36. The van der Waals surface area contributed by atoms with E-state index in [9.17, 15) is 4.79 Å². The van der Waals surface area contributed by atoms with Gasteiger partial charge in [0.25, 0.3) is 0 Å². The molecular formula is C15H18N2O. The van der Waals surface area contributed by atoms with Crippen molar-refractivity contribution in [3.63, 3.8) is 0 Å². The van der Waals surface area contributed by atoms with Crippen LogP contribution in [0.25, 0.3) is 0 Å². The Morgan fingerprint density at radius 2 is 2.00 bits per heavy atom. The molecule has 0 aliphatic carbocycles. The van der Waals surface area contributed by atoms with Crippen LogP contribution in [-0.4, -0.2) is 15.6 Å². The number of rotatable bonds is 4. The Balaban J connectivity index is 2.04. The van der Waals surface area contributed by atoms with Gasteiger partial charge in [-0.2, -0.15) is 5.10 Å². The van der Waals surface area contributed by atoms with E-state index in [0.717, 1.165) is 17.7 Å². The van der Waals surface area contributed by atoms with E-state index in [1.54, 1.807) is 6.20 Å². The normalized spacial score (nSPS) is 10.6. The summed E-state index contributed by atoms with van der Waals surface area (Å²) in [7, 11) is 1.90. The largest absolute Gasteiger partial charge is 0.294 e. The highest BCUT2D eigenvalue weighted by Crippen LogP contribution is 2.13. The number of carbonyl (C=O) groups excluding carboxylic acids is 1. The summed E-state index contributed by atoms with van der Waals surface area (Å²) in [6.45, 7) is 4.09. The van der Waals surface area contributed by atoms with E-state index in [4.69, 9.17) is 0 Å². The van der Waals surface area contributed by atoms with Crippen LogP contribution < -0.4 is 0 Å². The summed E-state index contributed by atoms with van der Waals surface area (Å²) in [5.41, 5.74) is 4.28. The Morgan fingerprint density at radius 1 is 1.22 bits per heavy atom. The van der Waals surface area contributed by atoms with Crippen LogP contribution in [0.3, 0.4) is 0 Å². The van der Waals surface area contributed by atoms with Gasteiger partial charge in [-0.15, -0.1) is 0 Å². The smallest absolute Gasteiger partial charge is 0.163 e. The fourth-order valence-corrected chi connectivity index (χ4v) is 1.95. The van der Waals surface area contributed by atoms with Crippen molar-refractivity contribution in [3.8, 4) is 0 Å². The summed E-state index contributed by atoms with van der Waals surface area (Å²) in [6, 6.07) is 7.84. The molecule has 0 amide bonds. The van der Waals surface area contributed by atoms with Gasteiger partial charge in [0, 0.05) is 30.9 Å². The van der Waals surface area contributed by atoms with Crippen molar-refractivity contribution < 1.29 is 4.79 Å². The number of nitrogens with zero attached hydrogens (tertiary/aromatic N) is 2. The van der Waals surface area contributed by atoms with E-state index in [0.29, 0.717) is 6.42 Å². The standard InChI is InChI=1S/C15H18N2O/c1-11-4-5-13(10-12(11)2)15(18)7-6-14-8-9-16-17(14)3/h4-5,8-10H,6-7H2,1-3H3. The van der Waals surface area contributed by atoms with Crippen molar-refractivity contribution >= 4 is 5.78 Å². The van der Waals surface area contributed by atoms with Gasteiger partial charge < -0.3 is 0 Å². The number of ketones is 1. The van der Waals surface area contributed by atoms with Crippen LogP contribution in [0.1, 0.15) is 33.6 Å². The van der Waals surface area contributed by atoms with Gasteiger partial charge in [-0.05, 0) is 43.5 Å². The van der Waals surface area contributed by atoms with Crippen LogP contribution in [0.15, 0.2) is 30.5 Å². The lowest BCUT2D eigenvalue weighted by atomic mass is 10.0. The van der Waals surface area contributed by atoms with E-state index in [1.165, 1.54) is 11.1 Å². The molecule has 0 fully saturated rings. The summed E-state index contributed by atoms with van der Waals surface area (Å²) in [5.74, 6) is 0.194. The second kappa shape index (κ2) is 5.17. The fraction of sp³-hybridized carbons (Fsp3) is 0.333. The summed E-state index contributed by atoms with van der Waals surface area (Å²) >= 11 is 0. The van der Waals surface area contributed by atoms with Gasteiger partial charge >= 0.3 is 0 Å². The number of Topliss-reactive ketones (excluding diaryl/α,β-unsaturated/α-hetero) is 1. The van der Waals surface area contributed by atoms with Crippen molar-refractivity contribution in [2.24, 2.45) is 7.05 Å². The molecule has 0 saturated carbocycles. The highest BCUT2D eigenvalue weighted by molar-refractivity contribution is 5.96. The molecule has 3 heteroatoms. The zero-order chi connectivity index (χ0) is 13.1. The topological polar surface area (TPSA) is 34.9 Å². The second-order valence-corrected chi connectivity index (χ2v) is 4.67. The van der Waals surface area contributed by atoms with Crippen LogP contribution in [0.4, 0.5) is 0 Å². The first-order valence-electron chi connectivity index (χ1n) is 6.15. The molecule has 1 heterocycles. The number of benzene rings is 1. The minimum Gasteiger partial charge on any atom is -0.294 e. The van der Waals surface area contributed by atoms with E-state index < -0.39 is 0 Å². The second-order valence-electron chi connectivity index (χ2n) is 4.67. The molecule has 0 aliphatic rings. The first-order valence-corrected chi connectivity index (χ1v) is 6.15. The van der Waals surface area contributed by atoms with Gasteiger partial charge in [-0.3, -0.25) is 9.48 Å². The molecule has 1 aromatic heterocycles. The predicted octanol–water partition coefficient (Wildman–Crippen LogP) is 2.85. The number of aromatic nitrogens is 2. The minimum atomic E-state index is 0.194. The van der Waals surface area contributed by atoms with Crippen molar-refractivity contribution in [1.82, 2.24) is 9.78 Å². The molecule has 94 valence electrons. The highest BCUT2D eigenvalue weighted by atomic mass is 16.1. The monoisotopic (exact) mass is 242 g/mol. The van der Waals surface area contributed by atoms with E-state index in [1.807, 2.05) is 42.9 Å². The summed E-state index contributed by atoms with van der Waals surface area (Å²) < 4.78 is 1.81. The number of hydrogen-bond acceptors (Lipinski definition) is 2. The number of carbonyl (C=O) groups is 1. The Labute approximate surface area is 107 Å². The molecule has 18 heavy (non-hydrogen) atoms. The van der Waals surface area contributed by atoms with E-state index in [-0.39, 0.29) is 5.78 Å². The molecule has 1 aromatic carbocycles. The molecule has 3 nitrogen and oxygen atoms in total. The summed E-state index contributed by atoms with van der Waals surface area (Å²) in [4.78, 5) is 12.1.